The third-order valence-corrected chi connectivity index (χ3v) is 1.73. The summed E-state index contributed by atoms with van der Waals surface area (Å²) < 4.78 is 0. The van der Waals surface area contributed by atoms with Gasteiger partial charge >= 0.3 is 5.91 Å². The largest absolute Gasteiger partial charge is 0.391 e. The molecule has 4 nitrogen and oxygen atoms in total. The van der Waals surface area contributed by atoms with E-state index < -0.39 is 0 Å². The van der Waals surface area contributed by atoms with Crippen LogP contribution in [-0.4, -0.2) is 41.7 Å². The van der Waals surface area contributed by atoms with E-state index in [1.165, 1.54) is 4.90 Å². The van der Waals surface area contributed by atoms with E-state index in [4.69, 9.17) is 11.7 Å². The van der Waals surface area contributed by atoms with E-state index >= 15 is 0 Å². The van der Waals surface area contributed by atoms with Crippen LogP contribution in [0.2, 0.25) is 0 Å². The molecule has 1 atom stereocenters. The minimum Gasteiger partial charge on any atom is -0.391 e. The Morgan fingerprint density at radius 3 is 3.00 bits per heavy atom. The highest BCUT2D eigenvalue weighted by molar-refractivity contribution is 5.79. The zero-order valence-electron chi connectivity index (χ0n) is 6.16. The van der Waals surface area contributed by atoms with Crippen molar-refractivity contribution < 1.29 is 9.90 Å². The lowest BCUT2D eigenvalue weighted by Gasteiger charge is -2.10. The Bertz CT molecular complexity index is 197. The predicted molar refractivity (Wildman–Crippen MR) is 38.7 cm³/mol. The smallest absolute Gasteiger partial charge is 0.302 e. The van der Waals surface area contributed by atoms with Crippen molar-refractivity contribution >= 4 is 5.91 Å². The van der Waals surface area contributed by atoms with E-state index in [9.17, 15) is 4.79 Å². The minimum atomic E-state index is -0.385. The molecule has 0 aromatic carbocycles. The van der Waals surface area contributed by atoms with E-state index in [1.807, 2.05) is 0 Å². The second kappa shape index (κ2) is 3.35. The van der Waals surface area contributed by atoms with E-state index in [2.05, 4.69) is 4.85 Å². The van der Waals surface area contributed by atoms with E-state index in [0.29, 0.717) is 19.5 Å². The van der Waals surface area contributed by atoms with Crippen LogP contribution in [-0.2, 0) is 4.79 Å². The molecule has 1 amide bonds. The number of hydrogen-bond acceptors (Lipinski definition) is 2. The molecule has 0 radical (unpaired) electrons. The van der Waals surface area contributed by atoms with Crippen molar-refractivity contribution in [2.24, 2.45) is 0 Å². The Hall–Kier alpha value is -1.08. The fourth-order valence-electron chi connectivity index (χ4n) is 1.14. The molecule has 0 saturated carbocycles. The molecule has 1 N–H and O–H groups in total. The van der Waals surface area contributed by atoms with E-state index in [0.717, 1.165) is 0 Å². The molecule has 0 bridgehead atoms. The molecule has 0 aliphatic carbocycles. The molecule has 60 valence electrons. The van der Waals surface area contributed by atoms with Crippen LogP contribution in [0.25, 0.3) is 4.85 Å². The number of rotatable bonds is 1. The van der Waals surface area contributed by atoms with Crippen LogP contribution in [0.5, 0.6) is 0 Å². The summed E-state index contributed by atoms with van der Waals surface area (Å²) in [6.45, 7) is 7.36. The molecule has 1 aliphatic heterocycles. The highest BCUT2D eigenvalue weighted by Crippen LogP contribution is 2.08. The number of nitrogens with zero attached hydrogens (tertiary/aromatic N) is 2. The van der Waals surface area contributed by atoms with Gasteiger partial charge in [0, 0.05) is 13.1 Å². The van der Waals surface area contributed by atoms with Gasteiger partial charge in [0.05, 0.1) is 6.10 Å². The molecular weight excluding hydrogens is 144 g/mol. The Balaban J connectivity index is 2.38. The number of amides is 1. The van der Waals surface area contributed by atoms with E-state index in [1.54, 1.807) is 0 Å². The second-order valence-corrected chi connectivity index (χ2v) is 2.60. The van der Waals surface area contributed by atoms with Crippen LogP contribution in [0.1, 0.15) is 6.42 Å². The summed E-state index contributed by atoms with van der Waals surface area (Å²) in [4.78, 5) is 15.5. The standard InChI is InChI=1S/C7H10N2O2/c1-8-4-7(11)9-3-2-6(10)5-9/h6,10H,2-5H2/t6-/m1/s1. The highest BCUT2D eigenvalue weighted by Gasteiger charge is 2.25. The van der Waals surface area contributed by atoms with Gasteiger partial charge in [-0.15, -0.1) is 0 Å². The van der Waals surface area contributed by atoms with Crippen molar-refractivity contribution in [2.75, 3.05) is 19.6 Å². The average molecular weight is 154 g/mol. The molecule has 4 heteroatoms. The van der Waals surface area contributed by atoms with Gasteiger partial charge in [-0.1, -0.05) is 0 Å². The summed E-state index contributed by atoms with van der Waals surface area (Å²) in [5.74, 6) is -0.170. The number of aliphatic hydroxyl groups excluding tert-OH is 1. The van der Waals surface area contributed by atoms with Gasteiger partial charge in [0.1, 0.15) is 0 Å². The van der Waals surface area contributed by atoms with Crippen LogP contribution in [0.3, 0.4) is 0 Å². The Kier molecular flexibility index (Phi) is 2.44. The maximum Gasteiger partial charge on any atom is 0.302 e. The normalized spacial score (nSPS) is 23.3. The van der Waals surface area contributed by atoms with Gasteiger partial charge in [0.2, 0.25) is 0 Å². The van der Waals surface area contributed by atoms with Gasteiger partial charge in [0.25, 0.3) is 6.54 Å². The molecule has 1 aliphatic rings. The van der Waals surface area contributed by atoms with Crippen LogP contribution in [0, 0.1) is 6.57 Å². The number of likely N-dealkylation sites (tertiary alicyclic amines) is 1. The zero-order valence-corrected chi connectivity index (χ0v) is 6.16. The monoisotopic (exact) mass is 154 g/mol. The molecule has 0 aromatic heterocycles. The molecule has 1 heterocycles. The lowest BCUT2D eigenvalue weighted by atomic mass is 10.3. The average Bonchev–Trinajstić information content (AvgIpc) is 2.36. The fraction of sp³-hybridized carbons (Fsp3) is 0.714. The third kappa shape index (κ3) is 1.92. The summed E-state index contributed by atoms with van der Waals surface area (Å²) in [6.07, 6.45) is 0.258. The molecule has 1 fully saturated rings. The Morgan fingerprint density at radius 1 is 1.82 bits per heavy atom. The van der Waals surface area contributed by atoms with Gasteiger partial charge in [-0.3, -0.25) is 4.79 Å². The van der Waals surface area contributed by atoms with Crippen molar-refractivity contribution in [3.63, 3.8) is 0 Å². The predicted octanol–water partition coefficient (Wildman–Crippen LogP) is -0.501. The zero-order chi connectivity index (χ0) is 8.27. The quantitative estimate of drug-likeness (QED) is 0.517. The summed E-state index contributed by atoms with van der Waals surface area (Å²) >= 11 is 0. The molecule has 0 unspecified atom stereocenters. The number of hydrogen-bond donors (Lipinski definition) is 1. The molecule has 1 rings (SSSR count). The maximum atomic E-state index is 11.0. The summed E-state index contributed by atoms with van der Waals surface area (Å²) in [7, 11) is 0. The minimum absolute atomic E-state index is 0.0906. The molecular formula is C7H10N2O2. The van der Waals surface area contributed by atoms with Crippen LogP contribution in [0.15, 0.2) is 0 Å². The Labute approximate surface area is 65.2 Å². The van der Waals surface area contributed by atoms with Gasteiger partial charge < -0.3 is 14.9 Å². The van der Waals surface area contributed by atoms with Crippen molar-refractivity contribution in [3.05, 3.63) is 11.4 Å². The summed E-state index contributed by atoms with van der Waals surface area (Å²) in [6, 6.07) is 0. The molecule has 0 aromatic rings. The van der Waals surface area contributed by atoms with Gasteiger partial charge in [-0.25, -0.2) is 6.57 Å². The maximum absolute atomic E-state index is 11.0. The first-order valence-electron chi connectivity index (χ1n) is 3.53. The fourth-order valence-corrected chi connectivity index (χ4v) is 1.14. The SMILES string of the molecule is [C-]#[N+]CC(=O)N1CC[C@@H](O)C1. The summed E-state index contributed by atoms with van der Waals surface area (Å²) in [5, 5.41) is 9.05. The Morgan fingerprint density at radius 2 is 2.55 bits per heavy atom. The van der Waals surface area contributed by atoms with Crippen molar-refractivity contribution in [1.29, 1.82) is 0 Å². The third-order valence-electron chi connectivity index (χ3n) is 1.73. The first-order valence-corrected chi connectivity index (χ1v) is 3.53. The summed E-state index contributed by atoms with van der Waals surface area (Å²) in [5.41, 5.74) is 0. The first kappa shape index (κ1) is 8.02. The molecule has 0 spiro atoms. The highest BCUT2D eigenvalue weighted by atomic mass is 16.3. The van der Waals surface area contributed by atoms with Crippen molar-refractivity contribution in [1.82, 2.24) is 4.90 Å². The van der Waals surface area contributed by atoms with Gasteiger partial charge in [-0.05, 0) is 6.42 Å². The van der Waals surface area contributed by atoms with Gasteiger partial charge in [-0.2, -0.15) is 0 Å². The van der Waals surface area contributed by atoms with Crippen LogP contribution in [0.4, 0.5) is 0 Å². The van der Waals surface area contributed by atoms with Crippen molar-refractivity contribution in [3.8, 4) is 0 Å². The number of carbonyl (C=O) groups excluding carboxylic acids is 1. The second-order valence-electron chi connectivity index (χ2n) is 2.60. The topological polar surface area (TPSA) is 44.9 Å². The first-order chi connectivity index (χ1) is 5.24. The molecule has 11 heavy (non-hydrogen) atoms. The number of carbonyl (C=O) groups is 1. The lowest BCUT2D eigenvalue weighted by molar-refractivity contribution is -0.128. The number of aliphatic hydroxyl groups is 1. The number of β-amino-alcohol motifs (C(OH)–C–C–N with tert-alkyl or cyclic N) is 1. The lowest BCUT2D eigenvalue weighted by Crippen LogP contribution is -2.30. The van der Waals surface area contributed by atoms with Crippen molar-refractivity contribution in [2.45, 2.75) is 12.5 Å². The molecule has 1 saturated heterocycles. The van der Waals surface area contributed by atoms with Crippen LogP contribution >= 0.6 is 0 Å². The van der Waals surface area contributed by atoms with E-state index in [-0.39, 0.29) is 18.6 Å². The van der Waals surface area contributed by atoms with Crippen LogP contribution < -0.4 is 0 Å². The van der Waals surface area contributed by atoms with Gasteiger partial charge in [0.15, 0.2) is 0 Å².